The summed E-state index contributed by atoms with van der Waals surface area (Å²) in [6.45, 7) is 4.18. The molecule has 0 aromatic carbocycles. The lowest BCUT2D eigenvalue weighted by Gasteiger charge is -2.37. The molecule has 2 aliphatic heterocycles. The number of piperazine rings is 1. The molecule has 6 heteroatoms. The summed E-state index contributed by atoms with van der Waals surface area (Å²) in [7, 11) is 0. The predicted molar refractivity (Wildman–Crippen MR) is 85.8 cm³/mol. The summed E-state index contributed by atoms with van der Waals surface area (Å²) in [6.07, 6.45) is 5.25. The Hall–Kier alpha value is -0.650. The zero-order chi connectivity index (χ0) is 14.7. The summed E-state index contributed by atoms with van der Waals surface area (Å²) in [5, 5.41) is 3.26. The largest absolute Gasteiger partial charge is 0.337 e. The van der Waals surface area contributed by atoms with Crippen LogP contribution in [0.15, 0.2) is 5.38 Å². The number of alkyl halides is 1. The standard InChI is InChI=1S/C15H22ClN3OS/c16-9-12-11-21-14(17-12)3-1-2-6-18-7-8-19-13(10-18)4-5-15(19)20/h11,13H,1-10H2. The van der Waals surface area contributed by atoms with Gasteiger partial charge in [0, 0.05) is 37.5 Å². The predicted octanol–water partition coefficient (Wildman–Crippen LogP) is 2.51. The summed E-state index contributed by atoms with van der Waals surface area (Å²) in [4.78, 5) is 20.7. The minimum Gasteiger partial charge on any atom is -0.337 e. The number of aryl methyl sites for hydroxylation is 1. The molecule has 2 aliphatic rings. The minimum absolute atomic E-state index is 0.360. The van der Waals surface area contributed by atoms with Gasteiger partial charge in [0.05, 0.1) is 16.6 Å². The van der Waals surface area contributed by atoms with Gasteiger partial charge in [0.2, 0.25) is 5.91 Å². The van der Waals surface area contributed by atoms with Crippen LogP contribution in [-0.4, -0.2) is 52.9 Å². The van der Waals surface area contributed by atoms with Crippen LogP contribution in [0.3, 0.4) is 0 Å². The van der Waals surface area contributed by atoms with E-state index in [9.17, 15) is 4.79 Å². The first-order chi connectivity index (χ1) is 10.3. The van der Waals surface area contributed by atoms with Crippen LogP contribution in [0, 0.1) is 0 Å². The molecular weight excluding hydrogens is 306 g/mol. The number of halogens is 1. The molecule has 0 bridgehead atoms. The Kier molecular flexibility index (Phi) is 5.14. The Bertz CT molecular complexity index is 493. The summed E-state index contributed by atoms with van der Waals surface area (Å²) < 4.78 is 0. The molecule has 1 aromatic heterocycles. The molecule has 1 amide bonds. The van der Waals surface area contributed by atoms with Crippen molar-refractivity contribution in [3.63, 3.8) is 0 Å². The van der Waals surface area contributed by atoms with Crippen LogP contribution < -0.4 is 0 Å². The number of carbonyl (C=O) groups is 1. The molecule has 4 nitrogen and oxygen atoms in total. The molecule has 2 saturated heterocycles. The van der Waals surface area contributed by atoms with E-state index in [4.69, 9.17) is 11.6 Å². The van der Waals surface area contributed by atoms with Gasteiger partial charge >= 0.3 is 0 Å². The number of aromatic nitrogens is 1. The molecule has 3 rings (SSSR count). The topological polar surface area (TPSA) is 36.4 Å². The number of unbranched alkanes of at least 4 members (excludes halogenated alkanes) is 1. The molecule has 0 saturated carbocycles. The van der Waals surface area contributed by atoms with Gasteiger partial charge in [-0.3, -0.25) is 9.69 Å². The van der Waals surface area contributed by atoms with Gasteiger partial charge in [-0.25, -0.2) is 4.98 Å². The molecule has 0 aliphatic carbocycles. The Morgan fingerprint density at radius 3 is 3.10 bits per heavy atom. The maximum absolute atomic E-state index is 11.7. The van der Waals surface area contributed by atoms with Crippen LogP contribution in [0.1, 0.15) is 36.4 Å². The van der Waals surface area contributed by atoms with Crippen LogP contribution in [0.4, 0.5) is 0 Å². The van der Waals surface area contributed by atoms with Gasteiger partial charge in [0.25, 0.3) is 0 Å². The molecule has 1 aromatic rings. The SMILES string of the molecule is O=C1CCC2CN(CCCCc3nc(CCl)cs3)CCN12. The normalized spacial score (nSPS) is 22.8. The highest BCUT2D eigenvalue weighted by atomic mass is 35.5. The highest BCUT2D eigenvalue weighted by Crippen LogP contribution is 2.23. The molecular formula is C15H22ClN3OS. The lowest BCUT2D eigenvalue weighted by Crippen LogP contribution is -2.51. The van der Waals surface area contributed by atoms with Gasteiger partial charge in [-0.1, -0.05) is 0 Å². The molecule has 1 atom stereocenters. The summed E-state index contributed by atoms with van der Waals surface area (Å²) >= 11 is 7.49. The Morgan fingerprint density at radius 1 is 1.38 bits per heavy atom. The first kappa shape index (κ1) is 15.3. The number of nitrogens with zero attached hydrogens (tertiary/aromatic N) is 3. The van der Waals surface area contributed by atoms with E-state index in [1.165, 1.54) is 17.8 Å². The molecule has 0 N–H and O–H groups in total. The molecule has 21 heavy (non-hydrogen) atoms. The van der Waals surface area contributed by atoms with E-state index in [0.717, 1.165) is 51.1 Å². The van der Waals surface area contributed by atoms with Gasteiger partial charge in [0.15, 0.2) is 0 Å². The fourth-order valence-electron chi connectivity index (χ4n) is 3.27. The van der Waals surface area contributed by atoms with Crippen LogP contribution in [0.2, 0.25) is 0 Å². The monoisotopic (exact) mass is 327 g/mol. The quantitative estimate of drug-likeness (QED) is 0.595. The van der Waals surface area contributed by atoms with Gasteiger partial charge in [-0.05, 0) is 32.2 Å². The van der Waals surface area contributed by atoms with Crippen LogP contribution >= 0.6 is 22.9 Å². The molecule has 2 fully saturated rings. The number of hydrogen-bond donors (Lipinski definition) is 0. The fraction of sp³-hybridized carbons (Fsp3) is 0.733. The van der Waals surface area contributed by atoms with E-state index in [1.54, 1.807) is 11.3 Å². The third-order valence-electron chi connectivity index (χ3n) is 4.43. The number of hydrogen-bond acceptors (Lipinski definition) is 4. The smallest absolute Gasteiger partial charge is 0.222 e. The summed E-state index contributed by atoms with van der Waals surface area (Å²) in [5.41, 5.74) is 0.999. The molecule has 116 valence electrons. The third-order valence-corrected chi connectivity index (χ3v) is 5.66. The Labute approximate surface area is 135 Å². The molecule has 1 unspecified atom stereocenters. The highest BCUT2D eigenvalue weighted by Gasteiger charge is 2.34. The highest BCUT2D eigenvalue weighted by molar-refractivity contribution is 7.09. The third kappa shape index (κ3) is 3.76. The second-order valence-corrected chi connectivity index (χ2v) is 7.11. The van der Waals surface area contributed by atoms with Gasteiger partial charge < -0.3 is 4.90 Å². The number of fused-ring (bicyclic) bond motifs is 1. The number of amides is 1. The fourth-order valence-corrected chi connectivity index (χ4v) is 4.34. The van der Waals surface area contributed by atoms with Crippen LogP contribution in [0.25, 0.3) is 0 Å². The summed E-state index contributed by atoms with van der Waals surface area (Å²) in [5.74, 6) is 0.875. The van der Waals surface area contributed by atoms with Crippen molar-refractivity contribution in [3.05, 3.63) is 16.1 Å². The van der Waals surface area contributed by atoms with E-state index < -0.39 is 0 Å². The van der Waals surface area contributed by atoms with Crippen molar-refractivity contribution in [2.75, 3.05) is 26.2 Å². The maximum atomic E-state index is 11.7. The van der Waals surface area contributed by atoms with Gasteiger partial charge in [-0.2, -0.15) is 0 Å². The Balaban J connectivity index is 1.35. The average Bonchev–Trinajstić information content (AvgIpc) is 3.11. The number of rotatable bonds is 6. The van der Waals surface area contributed by atoms with E-state index in [-0.39, 0.29) is 0 Å². The number of thiazole rings is 1. The zero-order valence-electron chi connectivity index (χ0n) is 12.3. The second kappa shape index (κ2) is 7.07. The van der Waals surface area contributed by atoms with E-state index >= 15 is 0 Å². The van der Waals surface area contributed by atoms with E-state index in [1.807, 2.05) is 0 Å². The van der Waals surface area contributed by atoms with E-state index in [2.05, 4.69) is 20.2 Å². The first-order valence-electron chi connectivity index (χ1n) is 7.77. The maximum Gasteiger partial charge on any atom is 0.222 e. The van der Waals surface area contributed by atoms with Gasteiger partial charge in [0.1, 0.15) is 0 Å². The van der Waals surface area contributed by atoms with Crippen LogP contribution in [-0.2, 0) is 17.1 Å². The van der Waals surface area contributed by atoms with Gasteiger partial charge in [-0.15, -0.1) is 22.9 Å². The van der Waals surface area contributed by atoms with Crippen molar-refractivity contribution in [2.45, 2.75) is 44.0 Å². The van der Waals surface area contributed by atoms with Crippen LogP contribution in [0.5, 0.6) is 0 Å². The molecule has 3 heterocycles. The van der Waals surface area contributed by atoms with Crippen molar-refractivity contribution in [3.8, 4) is 0 Å². The van der Waals surface area contributed by atoms with Crippen molar-refractivity contribution in [1.29, 1.82) is 0 Å². The zero-order valence-corrected chi connectivity index (χ0v) is 13.8. The minimum atomic E-state index is 0.360. The van der Waals surface area contributed by atoms with E-state index in [0.29, 0.717) is 17.8 Å². The van der Waals surface area contributed by atoms with Crippen molar-refractivity contribution in [2.24, 2.45) is 0 Å². The molecule has 0 spiro atoms. The van der Waals surface area contributed by atoms with Crippen molar-refractivity contribution < 1.29 is 4.79 Å². The summed E-state index contributed by atoms with van der Waals surface area (Å²) in [6, 6.07) is 0.483. The van der Waals surface area contributed by atoms with Crippen molar-refractivity contribution in [1.82, 2.24) is 14.8 Å². The Morgan fingerprint density at radius 2 is 2.29 bits per heavy atom. The second-order valence-electron chi connectivity index (χ2n) is 5.90. The lowest BCUT2D eigenvalue weighted by molar-refractivity contribution is -0.130. The average molecular weight is 328 g/mol. The number of carbonyl (C=O) groups excluding carboxylic acids is 1. The molecule has 0 radical (unpaired) electrons. The van der Waals surface area contributed by atoms with Crippen molar-refractivity contribution >= 4 is 28.8 Å². The first-order valence-corrected chi connectivity index (χ1v) is 9.19. The lowest BCUT2D eigenvalue weighted by atomic mass is 10.1.